The molecule has 3 N–H and O–H groups in total. The number of hydrogen-bond acceptors (Lipinski definition) is 8. The summed E-state index contributed by atoms with van der Waals surface area (Å²) in [5.74, 6) is 0.771. The third-order valence-electron chi connectivity index (χ3n) is 4.77. The SMILES string of the molecule is CC(C)C(NC(=O)c1ccn(C2CCCNC2)n1)c1nc(-c2ncn[nH]2)no1.Cl. The predicted molar refractivity (Wildman–Crippen MR) is 105 cm³/mol. The first-order valence-corrected chi connectivity index (χ1v) is 9.38. The van der Waals surface area contributed by atoms with Crippen molar-refractivity contribution in [1.29, 1.82) is 0 Å². The van der Waals surface area contributed by atoms with Crippen LogP contribution in [-0.2, 0) is 0 Å². The van der Waals surface area contributed by atoms with Gasteiger partial charge in [-0.3, -0.25) is 14.6 Å². The summed E-state index contributed by atoms with van der Waals surface area (Å²) in [7, 11) is 0. The van der Waals surface area contributed by atoms with Crippen LogP contribution in [0.4, 0.5) is 0 Å². The van der Waals surface area contributed by atoms with Crippen LogP contribution in [-0.4, -0.2) is 54.1 Å². The van der Waals surface area contributed by atoms with Crippen molar-refractivity contribution in [3.05, 3.63) is 30.2 Å². The van der Waals surface area contributed by atoms with Crippen LogP contribution in [0.15, 0.2) is 23.1 Å². The molecule has 4 rings (SSSR count). The summed E-state index contributed by atoms with van der Waals surface area (Å²) in [5.41, 5.74) is 0.367. The normalized spacial score (nSPS) is 17.7. The molecule has 1 aliphatic heterocycles. The molecule has 4 heterocycles. The van der Waals surface area contributed by atoms with E-state index in [1.54, 1.807) is 6.07 Å². The lowest BCUT2D eigenvalue weighted by Crippen LogP contribution is -2.33. The van der Waals surface area contributed by atoms with Gasteiger partial charge in [0.2, 0.25) is 11.7 Å². The summed E-state index contributed by atoms with van der Waals surface area (Å²) < 4.78 is 7.21. The molecule has 0 aromatic carbocycles. The second-order valence-corrected chi connectivity index (χ2v) is 7.17. The fourth-order valence-corrected chi connectivity index (χ4v) is 3.22. The lowest BCUT2D eigenvalue weighted by molar-refractivity contribution is 0.0907. The minimum Gasteiger partial charge on any atom is -0.339 e. The second-order valence-electron chi connectivity index (χ2n) is 7.17. The molecule has 0 saturated carbocycles. The van der Waals surface area contributed by atoms with Crippen LogP contribution in [0.5, 0.6) is 0 Å². The number of hydrogen-bond donors (Lipinski definition) is 3. The fraction of sp³-hybridized carbons (Fsp3) is 0.529. The molecule has 2 atom stereocenters. The van der Waals surface area contributed by atoms with Crippen molar-refractivity contribution in [3.63, 3.8) is 0 Å². The van der Waals surface area contributed by atoms with Crippen LogP contribution in [0.25, 0.3) is 11.6 Å². The van der Waals surface area contributed by atoms with Crippen LogP contribution in [0.2, 0.25) is 0 Å². The number of rotatable bonds is 6. The highest BCUT2D eigenvalue weighted by Crippen LogP contribution is 2.23. The molecule has 1 saturated heterocycles. The topological polar surface area (TPSA) is 139 Å². The Kier molecular flexibility index (Phi) is 6.60. The summed E-state index contributed by atoms with van der Waals surface area (Å²) in [6, 6.07) is 1.56. The van der Waals surface area contributed by atoms with Gasteiger partial charge in [0.05, 0.1) is 6.04 Å². The number of carbonyl (C=O) groups is 1. The maximum atomic E-state index is 12.7. The smallest absolute Gasteiger partial charge is 0.272 e. The quantitative estimate of drug-likeness (QED) is 0.544. The average molecular weight is 422 g/mol. The highest BCUT2D eigenvalue weighted by atomic mass is 35.5. The van der Waals surface area contributed by atoms with Crippen LogP contribution in [0.3, 0.4) is 0 Å². The Balaban J connectivity index is 0.00000240. The molecule has 1 aliphatic rings. The van der Waals surface area contributed by atoms with Crippen molar-refractivity contribution >= 4 is 18.3 Å². The largest absolute Gasteiger partial charge is 0.339 e. The molecule has 0 radical (unpaired) electrons. The van der Waals surface area contributed by atoms with E-state index in [0.29, 0.717) is 23.2 Å². The molecular weight excluding hydrogens is 398 g/mol. The number of amides is 1. The number of aromatic nitrogens is 7. The average Bonchev–Trinajstić information content (AvgIpc) is 3.47. The van der Waals surface area contributed by atoms with E-state index in [1.165, 1.54) is 6.33 Å². The number of piperidine rings is 1. The van der Waals surface area contributed by atoms with Gasteiger partial charge in [-0.1, -0.05) is 19.0 Å². The predicted octanol–water partition coefficient (Wildman–Crippen LogP) is 1.52. The Labute approximate surface area is 173 Å². The fourth-order valence-electron chi connectivity index (χ4n) is 3.22. The third kappa shape index (κ3) is 4.62. The zero-order valence-electron chi connectivity index (χ0n) is 16.2. The van der Waals surface area contributed by atoms with Crippen molar-refractivity contribution in [2.45, 2.75) is 38.8 Å². The first kappa shape index (κ1) is 20.9. The van der Waals surface area contributed by atoms with Crippen molar-refractivity contribution in [3.8, 4) is 11.6 Å². The second kappa shape index (κ2) is 9.14. The minimum absolute atomic E-state index is 0. The molecule has 3 aromatic heterocycles. The van der Waals surface area contributed by atoms with E-state index in [-0.39, 0.29) is 30.3 Å². The molecule has 11 nitrogen and oxygen atoms in total. The van der Waals surface area contributed by atoms with Gasteiger partial charge in [0.15, 0.2) is 5.82 Å². The summed E-state index contributed by atoms with van der Waals surface area (Å²) in [5, 5.41) is 21.1. The Hall–Kier alpha value is -2.79. The lowest BCUT2D eigenvalue weighted by atomic mass is 10.0. The van der Waals surface area contributed by atoms with Gasteiger partial charge in [0.25, 0.3) is 5.91 Å². The van der Waals surface area contributed by atoms with E-state index >= 15 is 0 Å². The van der Waals surface area contributed by atoms with E-state index in [4.69, 9.17) is 4.52 Å². The maximum absolute atomic E-state index is 12.7. The minimum atomic E-state index is -0.446. The Morgan fingerprint density at radius 1 is 1.41 bits per heavy atom. The molecule has 29 heavy (non-hydrogen) atoms. The summed E-state index contributed by atoms with van der Waals surface area (Å²) in [4.78, 5) is 21.1. The van der Waals surface area contributed by atoms with Crippen molar-refractivity contribution in [2.75, 3.05) is 13.1 Å². The molecule has 2 unspecified atom stereocenters. The van der Waals surface area contributed by atoms with Gasteiger partial charge in [-0.05, 0) is 31.4 Å². The van der Waals surface area contributed by atoms with Crippen molar-refractivity contribution in [2.24, 2.45) is 5.92 Å². The maximum Gasteiger partial charge on any atom is 0.272 e. The molecule has 0 aliphatic carbocycles. The zero-order valence-corrected chi connectivity index (χ0v) is 17.0. The van der Waals surface area contributed by atoms with Gasteiger partial charge in [0, 0.05) is 12.7 Å². The summed E-state index contributed by atoms with van der Waals surface area (Å²) >= 11 is 0. The van der Waals surface area contributed by atoms with E-state index < -0.39 is 6.04 Å². The number of nitrogens with zero attached hydrogens (tertiary/aromatic N) is 6. The van der Waals surface area contributed by atoms with Gasteiger partial charge < -0.3 is 15.2 Å². The Morgan fingerprint density at radius 2 is 2.28 bits per heavy atom. The third-order valence-corrected chi connectivity index (χ3v) is 4.77. The molecular formula is C17H24ClN9O2. The molecule has 156 valence electrons. The van der Waals surface area contributed by atoms with Gasteiger partial charge >= 0.3 is 0 Å². The first-order chi connectivity index (χ1) is 13.6. The number of aromatic amines is 1. The number of H-pyrrole nitrogens is 1. The molecule has 1 amide bonds. The monoisotopic (exact) mass is 421 g/mol. The number of nitrogens with one attached hydrogen (secondary N) is 3. The zero-order chi connectivity index (χ0) is 19.5. The van der Waals surface area contributed by atoms with Gasteiger partial charge in [-0.15, -0.1) is 12.4 Å². The van der Waals surface area contributed by atoms with Crippen LogP contribution in [0.1, 0.15) is 55.2 Å². The lowest BCUT2D eigenvalue weighted by Gasteiger charge is -2.23. The Bertz CT molecular complexity index is 915. The highest BCUT2D eigenvalue weighted by Gasteiger charge is 2.27. The number of halogens is 1. The summed E-state index contributed by atoms with van der Waals surface area (Å²) in [6.07, 6.45) is 5.37. The van der Waals surface area contributed by atoms with Crippen molar-refractivity contribution < 1.29 is 9.32 Å². The van der Waals surface area contributed by atoms with E-state index in [0.717, 1.165) is 25.9 Å². The molecule has 12 heteroatoms. The van der Waals surface area contributed by atoms with Crippen molar-refractivity contribution in [1.82, 2.24) is 45.7 Å². The van der Waals surface area contributed by atoms with Crippen LogP contribution < -0.4 is 10.6 Å². The van der Waals surface area contributed by atoms with Gasteiger partial charge in [0.1, 0.15) is 18.1 Å². The van der Waals surface area contributed by atoms with E-state index in [2.05, 4.69) is 41.1 Å². The van der Waals surface area contributed by atoms with Crippen LogP contribution in [0, 0.1) is 5.92 Å². The number of carbonyl (C=O) groups excluding carboxylic acids is 1. The van der Waals surface area contributed by atoms with E-state index in [1.807, 2.05) is 24.7 Å². The molecule has 0 bridgehead atoms. The standard InChI is InChI=1S/C17H23N9O2.ClH/c1-10(2)13(17-22-15(25-28-17)14-19-9-20-23-14)21-16(27)12-5-7-26(24-12)11-4-3-6-18-8-11;/h5,7,9-11,13,18H,3-4,6,8H2,1-2H3,(H,21,27)(H,19,20,23);1H. The van der Waals surface area contributed by atoms with E-state index in [9.17, 15) is 4.79 Å². The van der Waals surface area contributed by atoms with Gasteiger partial charge in [-0.2, -0.15) is 15.2 Å². The Morgan fingerprint density at radius 3 is 2.97 bits per heavy atom. The molecule has 3 aromatic rings. The molecule has 1 fully saturated rings. The first-order valence-electron chi connectivity index (χ1n) is 9.38. The summed E-state index contributed by atoms with van der Waals surface area (Å²) in [6.45, 7) is 5.83. The van der Waals surface area contributed by atoms with Crippen LogP contribution >= 0.6 is 12.4 Å². The molecule has 0 spiro atoms. The highest BCUT2D eigenvalue weighted by molar-refractivity contribution is 5.92. The van der Waals surface area contributed by atoms with Gasteiger partial charge in [-0.25, -0.2) is 4.98 Å².